The van der Waals surface area contributed by atoms with E-state index in [0.717, 1.165) is 11.1 Å². The fourth-order valence-electron chi connectivity index (χ4n) is 3.97. The number of carbonyl (C=O) groups excluding carboxylic acids is 1. The van der Waals surface area contributed by atoms with Gasteiger partial charge in [0.1, 0.15) is 23.2 Å². The van der Waals surface area contributed by atoms with Crippen LogP contribution in [0.1, 0.15) is 41.4 Å². The molecular formula is C23H19FN2O2. The zero-order valence-electron chi connectivity index (χ0n) is 15.4. The van der Waals surface area contributed by atoms with E-state index in [-0.39, 0.29) is 29.0 Å². The number of nitriles is 1. The van der Waals surface area contributed by atoms with Crippen LogP contribution in [0, 0.1) is 24.1 Å². The number of ether oxygens (including phenoxy) is 1. The Labute approximate surface area is 162 Å². The maximum atomic E-state index is 13.4. The van der Waals surface area contributed by atoms with Gasteiger partial charge in [-0.1, -0.05) is 42.0 Å². The highest BCUT2D eigenvalue weighted by Gasteiger charge is 2.40. The number of nitrogens with two attached hydrogens (primary N) is 1. The second-order valence-corrected chi connectivity index (χ2v) is 7.25. The van der Waals surface area contributed by atoms with Crippen LogP contribution in [-0.4, -0.2) is 5.78 Å². The number of nitrogens with zero attached hydrogens (tertiary/aromatic N) is 1. The Kier molecular flexibility index (Phi) is 4.48. The van der Waals surface area contributed by atoms with Gasteiger partial charge in [0.25, 0.3) is 0 Å². The maximum Gasteiger partial charge on any atom is 0.205 e. The zero-order chi connectivity index (χ0) is 19.8. The maximum absolute atomic E-state index is 13.4. The summed E-state index contributed by atoms with van der Waals surface area (Å²) in [6.45, 7) is 2.02. The van der Waals surface area contributed by atoms with Crippen molar-refractivity contribution in [2.45, 2.75) is 31.6 Å². The second-order valence-electron chi connectivity index (χ2n) is 7.25. The largest absolute Gasteiger partial charge is 0.444 e. The summed E-state index contributed by atoms with van der Waals surface area (Å²) < 4.78 is 19.1. The first-order valence-electron chi connectivity index (χ1n) is 9.13. The summed E-state index contributed by atoms with van der Waals surface area (Å²) in [6, 6.07) is 16.0. The molecule has 0 fully saturated rings. The number of benzene rings is 2. The molecule has 0 saturated heterocycles. The SMILES string of the molecule is Cc1ccc([C@@H]2CC(=O)C3=C(C2)OC(N)=C(C#N)[C@@H]3c2ccc(F)cc2)cc1. The van der Waals surface area contributed by atoms with Crippen LogP contribution in [0.25, 0.3) is 0 Å². The molecule has 2 aromatic carbocycles. The molecule has 5 heteroatoms. The third kappa shape index (κ3) is 3.07. The van der Waals surface area contributed by atoms with Gasteiger partial charge in [-0.05, 0) is 36.1 Å². The van der Waals surface area contributed by atoms with Crippen LogP contribution in [0.3, 0.4) is 0 Å². The third-order valence-electron chi connectivity index (χ3n) is 5.41. The second kappa shape index (κ2) is 6.97. The summed E-state index contributed by atoms with van der Waals surface area (Å²) in [7, 11) is 0. The summed E-state index contributed by atoms with van der Waals surface area (Å²) >= 11 is 0. The Morgan fingerprint density at radius 3 is 2.36 bits per heavy atom. The molecule has 4 nitrogen and oxygen atoms in total. The van der Waals surface area contributed by atoms with E-state index in [9.17, 15) is 14.4 Å². The lowest BCUT2D eigenvalue weighted by molar-refractivity contribution is -0.117. The first-order chi connectivity index (χ1) is 13.5. The molecule has 0 spiro atoms. The quantitative estimate of drug-likeness (QED) is 0.848. The summed E-state index contributed by atoms with van der Waals surface area (Å²) in [6.07, 6.45) is 0.864. The van der Waals surface area contributed by atoms with Crippen molar-refractivity contribution in [2.75, 3.05) is 0 Å². The van der Waals surface area contributed by atoms with Crippen molar-refractivity contribution < 1.29 is 13.9 Å². The van der Waals surface area contributed by atoms with Crippen LogP contribution >= 0.6 is 0 Å². The number of hydrogen-bond donors (Lipinski definition) is 1. The van der Waals surface area contributed by atoms with Crippen LogP contribution in [0.4, 0.5) is 4.39 Å². The number of hydrogen-bond acceptors (Lipinski definition) is 4. The molecule has 0 saturated carbocycles. The van der Waals surface area contributed by atoms with Gasteiger partial charge in [-0.15, -0.1) is 0 Å². The topological polar surface area (TPSA) is 76.1 Å². The summed E-state index contributed by atoms with van der Waals surface area (Å²) in [5.74, 6) is -0.560. The minimum Gasteiger partial charge on any atom is -0.444 e. The van der Waals surface area contributed by atoms with Crippen LogP contribution < -0.4 is 5.73 Å². The van der Waals surface area contributed by atoms with Crippen LogP contribution in [0.2, 0.25) is 0 Å². The molecular weight excluding hydrogens is 355 g/mol. The van der Waals surface area contributed by atoms with Crippen molar-refractivity contribution in [1.82, 2.24) is 0 Å². The minimum absolute atomic E-state index is 0.00264. The molecule has 1 aliphatic carbocycles. The number of rotatable bonds is 2. The summed E-state index contributed by atoms with van der Waals surface area (Å²) in [5.41, 5.74) is 9.54. The molecule has 0 unspecified atom stereocenters. The number of aryl methyl sites for hydroxylation is 1. The monoisotopic (exact) mass is 374 g/mol. The lowest BCUT2D eigenvalue weighted by atomic mass is 9.73. The Morgan fingerprint density at radius 1 is 1.07 bits per heavy atom. The molecule has 140 valence electrons. The van der Waals surface area contributed by atoms with Gasteiger partial charge in [0.15, 0.2) is 5.78 Å². The molecule has 2 aliphatic rings. The van der Waals surface area contributed by atoms with Crippen molar-refractivity contribution in [3.63, 3.8) is 0 Å². The molecule has 4 rings (SSSR count). The molecule has 0 aromatic heterocycles. The van der Waals surface area contributed by atoms with E-state index in [1.54, 1.807) is 12.1 Å². The minimum atomic E-state index is -0.624. The summed E-state index contributed by atoms with van der Waals surface area (Å²) in [4.78, 5) is 13.1. The van der Waals surface area contributed by atoms with Crippen LogP contribution in [0.5, 0.6) is 0 Å². The number of carbonyl (C=O) groups is 1. The van der Waals surface area contributed by atoms with Crippen molar-refractivity contribution >= 4 is 5.78 Å². The highest BCUT2D eigenvalue weighted by atomic mass is 19.1. The van der Waals surface area contributed by atoms with Crippen molar-refractivity contribution in [1.29, 1.82) is 5.26 Å². The standard InChI is InChI=1S/C23H19FN2O2/c1-13-2-4-14(5-3-13)16-10-19(27)22-20(11-16)28-23(26)18(12-25)21(22)15-6-8-17(24)9-7-15/h2-9,16,21H,10-11,26H2,1H3/t16-,21+/m1/s1. The number of allylic oxidation sites excluding steroid dienone is 3. The average Bonchev–Trinajstić information content (AvgIpc) is 2.68. The van der Waals surface area contributed by atoms with E-state index in [0.29, 0.717) is 29.7 Å². The van der Waals surface area contributed by atoms with E-state index < -0.39 is 5.92 Å². The van der Waals surface area contributed by atoms with Gasteiger partial charge < -0.3 is 10.5 Å². The van der Waals surface area contributed by atoms with E-state index in [2.05, 4.69) is 6.07 Å². The van der Waals surface area contributed by atoms with Gasteiger partial charge in [0.2, 0.25) is 5.88 Å². The molecule has 2 aromatic rings. The van der Waals surface area contributed by atoms with Crippen LogP contribution in [0.15, 0.2) is 71.3 Å². The molecule has 1 heterocycles. The summed E-state index contributed by atoms with van der Waals surface area (Å²) in [5, 5.41) is 9.60. The van der Waals surface area contributed by atoms with E-state index >= 15 is 0 Å². The highest BCUT2D eigenvalue weighted by Crippen LogP contribution is 2.46. The van der Waals surface area contributed by atoms with E-state index in [1.807, 2.05) is 31.2 Å². The van der Waals surface area contributed by atoms with Gasteiger partial charge in [-0.2, -0.15) is 5.26 Å². The normalized spacial score (nSPS) is 21.8. The Bertz CT molecular complexity index is 1040. The first-order valence-corrected chi connectivity index (χ1v) is 9.13. The first kappa shape index (κ1) is 18.0. The van der Waals surface area contributed by atoms with Crippen molar-refractivity contribution in [2.24, 2.45) is 5.73 Å². The van der Waals surface area contributed by atoms with Gasteiger partial charge in [-0.25, -0.2) is 4.39 Å². The molecule has 0 amide bonds. The molecule has 28 heavy (non-hydrogen) atoms. The molecule has 2 atom stereocenters. The number of Topliss-reactive ketones (excluding diaryl/α,β-unsaturated/α-hetero) is 1. The van der Waals surface area contributed by atoms with Gasteiger partial charge in [0, 0.05) is 18.4 Å². The van der Waals surface area contributed by atoms with Gasteiger partial charge in [-0.3, -0.25) is 4.79 Å². The lowest BCUT2D eigenvalue weighted by Crippen LogP contribution is -2.29. The van der Waals surface area contributed by atoms with Gasteiger partial charge in [0.05, 0.1) is 5.92 Å². The number of ketones is 1. The smallest absolute Gasteiger partial charge is 0.205 e. The number of halogens is 1. The van der Waals surface area contributed by atoms with E-state index in [4.69, 9.17) is 10.5 Å². The fourth-order valence-corrected chi connectivity index (χ4v) is 3.97. The average molecular weight is 374 g/mol. The fraction of sp³-hybridized carbons (Fsp3) is 0.217. The Balaban J connectivity index is 1.77. The van der Waals surface area contributed by atoms with Crippen molar-refractivity contribution in [3.8, 4) is 6.07 Å². The zero-order valence-corrected chi connectivity index (χ0v) is 15.4. The molecule has 0 bridgehead atoms. The third-order valence-corrected chi connectivity index (χ3v) is 5.41. The Morgan fingerprint density at radius 2 is 1.71 bits per heavy atom. The molecule has 2 N–H and O–H groups in total. The lowest BCUT2D eigenvalue weighted by Gasteiger charge is -2.34. The molecule has 1 aliphatic heterocycles. The predicted molar refractivity (Wildman–Crippen MR) is 102 cm³/mol. The van der Waals surface area contributed by atoms with Crippen LogP contribution in [-0.2, 0) is 9.53 Å². The Hall–Kier alpha value is -3.39. The predicted octanol–water partition coefficient (Wildman–Crippen LogP) is 4.34. The van der Waals surface area contributed by atoms with Gasteiger partial charge >= 0.3 is 0 Å². The highest BCUT2D eigenvalue weighted by molar-refractivity contribution is 6.00. The van der Waals surface area contributed by atoms with Crippen molar-refractivity contribution in [3.05, 3.63) is 93.8 Å². The molecule has 0 radical (unpaired) electrons. The van der Waals surface area contributed by atoms with E-state index in [1.165, 1.54) is 12.1 Å².